The Balaban J connectivity index is 1.68. The predicted octanol–water partition coefficient (Wildman–Crippen LogP) is 0.234. The minimum absolute atomic E-state index is 0.103. The van der Waals surface area contributed by atoms with Crippen LogP contribution in [0.3, 0.4) is 0 Å². The van der Waals surface area contributed by atoms with Gasteiger partial charge in [0.25, 0.3) is 0 Å². The maximum Gasteiger partial charge on any atom is 0.0964 e. The van der Waals surface area contributed by atoms with E-state index in [1.54, 1.807) is 4.68 Å². The van der Waals surface area contributed by atoms with Crippen LogP contribution in [0, 0.1) is 0 Å². The van der Waals surface area contributed by atoms with Gasteiger partial charge in [-0.05, 0) is 38.9 Å². The lowest BCUT2D eigenvalue weighted by molar-refractivity contribution is 0.197. The van der Waals surface area contributed by atoms with Crippen LogP contribution in [0.4, 0.5) is 0 Å². The highest BCUT2D eigenvalue weighted by Crippen LogP contribution is 2.11. The third-order valence-electron chi connectivity index (χ3n) is 3.61. The number of rotatable bonds is 7. The first kappa shape index (κ1) is 14.4. The number of piperidine rings is 1. The molecule has 0 atom stereocenters. The van der Waals surface area contributed by atoms with Crippen molar-refractivity contribution in [3.05, 3.63) is 11.9 Å². The number of aliphatic hydroxyl groups is 1. The Labute approximate surface area is 114 Å². The molecule has 0 amide bonds. The van der Waals surface area contributed by atoms with Gasteiger partial charge in [-0.1, -0.05) is 12.1 Å². The summed E-state index contributed by atoms with van der Waals surface area (Å²) in [5, 5.41) is 20.4. The fourth-order valence-corrected chi connectivity index (χ4v) is 2.56. The van der Waals surface area contributed by atoms with E-state index in [0.29, 0.717) is 12.6 Å². The second kappa shape index (κ2) is 7.57. The van der Waals surface area contributed by atoms with Crippen molar-refractivity contribution in [2.45, 2.75) is 45.3 Å². The standard InChI is InChI=1S/C13H25N5O/c1-2-5-17-6-3-12(4-7-17)14-10-13-11-18(8-9-19)16-15-13/h11-12,14,19H,2-10H2,1H3. The fourth-order valence-electron chi connectivity index (χ4n) is 2.56. The molecular formula is C13H25N5O. The summed E-state index contributed by atoms with van der Waals surface area (Å²) in [6.07, 6.45) is 5.57. The van der Waals surface area contributed by atoms with E-state index < -0.39 is 0 Å². The topological polar surface area (TPSA) is 66.2 Å². The van der Waals surface area contributed by atoms with E-state index in [0.717, 1.165) is 12.2 Å². The van der Waals surface area contributed by atoms with Gasteiger partial charge in [-0.15, -0.1) is 5.10 Å². The molecule has 0 spiro atoms. The molecular weight excluding hydrogens is 242 g/mol. The van der Waals surface area contributed by atoms with Crippen LogP contribution in [0.2, 0.25) is 0 Å². The van der Waals surface area contributed by atoms with E-state index in [2.05, 4.69) is 27.5 Å². The first-order valence-electron chi connectivity index (χ1n) is 7.27. The van der Waals surface area contributed by atoms with Crippen LogP contribution < -0.4 is 5.32 Å². The number of nitrogens with one attached hydrogen (secondary N) is 1. The molecule has 0 saturated carbocycles. The van der Waals surface area contributed by atoms with Crippen LogP contribution in [0.25, 0.3) is 0 Å². The number of hydrogen-bond acceptors (Lipinski definition) is 5. The summed E-state index contributed by atoms with van der Waals surface area (Å²) >= 11 is 0. The molecule has 0 aliphatic carbocycles. The Bertz CT molecular complexity index is 360. The molecule has 0 aromatic carbocycles. The van der Waals surface area contributed by atoms with Crippen molar-refractivity contribution in [3.8, 4) is 0 Å². The molecule has 0 bridgehead atoms. The molecule has 1 saturated heterocycles. The molecule has 1 aliphatic heterocycles. The van der Waals surface area contributed by atoms with E-state index in [4.69, 9.17) is 5.11 Å². The quantitative estimate of drug-likeness (QED) is 0.740. The van der Waals surface area contributed by atoms with E-state index in [1.807, 2.05) is 6.20 Å². The molecule has 2 heterocycles. The SMILES string of the molecule is CCCN1CCC(NCc2cn(CCO)nn2)CC1. The molecule has 1 fully saturated rings. The van der Waals surface area contributed by atoms with E-state index in [9.17, 15) is 0 Å². The van der Waals surface area contributed by atoms with Crippen LogP contribution >= 0.6 is 0 Å². The van der Waals surface area contributed by atoms with Crippen molar-refractivity contribution < 1.29 is 5.11 Å². The average Bonchev–Trinajstić information content (AvgIpc) is 2.87. The number of nitrogens with zero attached hydrogens (tertiary/aromatic N) is 4. The summed E-state index contributed by atoms with van der Waals surface area (Å²) in [4.78, 5) is 2.54. The maximum absolute atomic E-state index is 8.82. The first-order chi connectivity index (χ1) is 9.31. The largest absolute Gasteiger partial charge is 0.394 e. The number of hydrogen-bond donors (Lipinski definition) is 2. The van der Waals surface area contributed by atoms with Crippen molar-refractivity contribution in [2.75, 3.05) is 26.2 Å². The van der Waals surface area contributed by atoms with Gasteiger partial charge < -0.3 is 15.3 Å². The molecule has 2 rings (SSSR count). The Morgan fingerprint density at radius 1 is 1.37 bits per heavy atom. The van der Waals surface area contributed by atoms with Crippen LogP contribution in [-0.4, -0.2) is 57.3 Å². The minimum Gasteiger partial charge on any atom is -0.394 e. The third-order valence-corrected chi connectivity index (χ3v) is 3.61. The highest BCUT2D eigenvalue weighted by molar-refractivity contribution is 4.92. The van der Waals surface area contributed by atoms with Gasteiger partial charge in [0, 0.05) is 18.8 Å². The zero-order valence-corrected chi connectivity index (χ0v) is 11.8. The number of aromatic nitrogens is 3. The van der Waals surface area contributed by atoms with Gasteiger partial charge in [0.15, 0.2) is 0 Å². The number of aliphatic hydroxyl groups excluding tert-OH is 1. The van der Waals surface area contributed by atoms with Crippen LogP contribution in [-0.2, 0) is 13.1 Å². The summed E-state index contributed by atoms with van der Waals surface area (Å²) in [6.45, 7) is 7.24. The number of likely N-dealkylation sites (tertiary alicyclic amines) is 1. The molecule has 0 radical (unpaired) electrons. The van der Waals surface area contributed by atoms with Gasteiger partial charge in [-0.25, -0.2) is 4.68 Å². The molecule has 108 valence electrons. The normalized spacial score (nSPS) is 18.0. The van der Waals surface area contributed by atoms with Gasteiger partial charge in [0.1, 0.15) is 0 Å². The first-order valence-corrected chi connectivity index (χ1v) is 7.27. The fraction of sp³-hybridized carbons (Fsp3) is 0.846. The van der Waals surface area contributed by atoms with Crippen LogP contribution in [0.5, 0.6) is 0 Å². The highest BCUT2D eigenvalue weighted by atomic mass is 16.3. The average molecular weight is 267 g/mol. The second-order valence-corrected chi connectivity index (χ2v) is 5.19. The summed E-state index contributed by atoms with van der Waals surface area (Å²) in [5.41, 5.74) is 0.949. The van der Waals surface area contributed by atoms with E-state index in [1.165, 1.54) is 38.9 Å². The molecule has 6 nitrogen and oxygen atoms in total. The Morgan fingerprint density at radius 3 is 2.84 bits per heavy atom. The van der Waals surface area contributed by atoms with Gasteiger partial charge >= 0.3 is 0 Å². The molecule has 1 aromatic rings. The summed E-state index contributed by atoms with van der Waals surface area (Å²) in [7, 11) is 0. The second-order valence-electron chi connectivity index (χ2n) is 5.19. The molecule has 6 heteroatoms. The highest BCUT2D eigenvalue weighted by Gasteiger charge is 2.18. The summed E-state index contributed by atoms with van der Waals surface area (Å²) in [6, 6.07) is 0.594. The van der Waals surface area contributed by atoms with Crippen LogP contribution in [0.15, 0.2) is 6.20 Å². The Morgan fingerprint density at radius 2 is 2.16 bits per heavy atom. The Hall–Kier alpha value is -0.980. The zero-order valence-electron chi connectivity index (χ0n) is 11.8. The smallest absolute Gasteiger partial charge is 0.0964 e. The zero-order chi connectivity index (χ0) is 13.5. The van der Waals surface area contributed by atoms with Crippen molar-refractivity contribution in [1.29, 1.82) is 0 Å². The van der Waals surface area contributed by atoms with Gasteiger partial charge in [0.05, 0.1) is 18.8 Å². The van der Waals surface area contributed by atoms with Gasteiger partial charge in [-0.2, -0.15) is 0 Å². The molecule has 19 heavy (non-hydrogen) atoms. The van der Waals surface area contributed by atoms with Crippen molar-refractivity contribution in [3.63, 3.8) is 0 Å². The molecule has 1 aromatic heterocycles. The predicted molar refractivity (Wildman–Crippen MR) is 73.7 cm³/mol. The van der Waals surface area contributed by atoms with Crippen molar-refractivity contribution in [2.24, 2.45) is 0 Å². The third kappa shape index (κ3) is 4.56. The maximum atomic E-state index is 8.82. The van der Waals surface area contributed by atoms with Crippen LogP contribution in [0.1, 0.15) is 31.9 Å². The Kier molecular flexibility index (Phi) is 5.75. The van der Waals surface area contributed by atoms with Crippen molar-refractivity contribution >= 4 is 0 Å². The van der Waals surface area contributed by atoms with Crippen molar-refractivity contribution in [1.82, 2.24) is 25.2 Å². The van der Waals surface area contributed by atoms with Gasteiger partial charge in [0.2, 0.25) is 0 Å². The lowest BCUT2D eigenvalue weighted by Gasteiger charge is -2.32. The molecule has 0 unspecified atom stereocenters. The van der Waals surface area contributed by atoms with E-state index >= 15 is 0 Å². The summed E-state index contributed by atoms with van der Waals surface area (Å²) < 4.78 is 1.68. The molecule has 2 N–H and O–H groups in total. The van der Waals surface area contributed by atoms with Gasteiger partial charge in [-0.3, -0.25) is 0 Å². The lowest BCUT2D eigenvalue weighted by atomic mass is 10.0. The van der Waals surface area contributed by atoms with E-state index in [-0.39, 0.29) is 6.61 Å². The molecule has 1 aliphatic rings. The minimum atomic E-state index is 0.103. The monoisotopic (exact) mass is 267 g/mol. The summed E-state index contributed by atoms with van der Waals surface area (Å²) in [5.74, 6) is 0. The lowest BCUT2D eigenvalue weighted by Crippen LogP contribution is -2.42.